The lowest BCUT2D eigenvalue weighted by Gasteiger charge is -2.33. The number of aryl methyl sites for hydroxylation is 2. The number of thiazole rings is 1. The Morgan fingerprint density at radius 1 is 1.04 bits per heavy atom. The van der Waals surface area contributed by atoms with Gasteiger partial charge in [-0.15, -0.1) is 0 Å². The molecule has 1 fully saturated rings. The second-order valence-electron chi connectivity index (χ2n) is 6.99. The van der Waals surface area contributed by atoms with Crippen LogP contribution in [0.15, 0.2) is 41.3 Å². The van der Waals surface area contributed by atoms with Gasteiger partial charge in [0.15, 0.2) is 5.13 Å². The van der Waals surface area contributed by atoms with Crippen LogP contribution in [-0.2, 0) is 10.0 Å². The lowest BCUT2D eigenvalue weighted by Crippen LogP contribution is -2.48. The highest BCUT2D eigenvalue weighted by atomic mass is 32.2. The van der Waals surface area contributed by atoms with Crippen LogP contribution < -0.4 is 9.64 Å². The first-order valence-corrected chi connectivity index (χ1v) is 11.4. The van der Waals surface area contributed by atoms with Crippen LogP contribution in [0.5, 0.6) is 5.75 Å². The number of hydrogen-bond acceptors (Lipinski definition) is 6. The molecule has 3 aromatic rings. The Morgan fingerprint density at radius 3 is 2.36 bits per heavy atom. The number of methoxy groups -OCH3 is 1. The van der Waals surface area contributed by atoms with Crippen LogP contribution in [0.1, 0.15) is 11.1 Å². The number of ether oxygens (including phenoxy) is 1. The second-order valence-corrected chi connectivity index (χ2v) is 9.94. The first-order valence-electron chi connectivity index (χ1n) is 9.15. The van der Waals surface area contributed by atoms with E-state index in [2.05, 4.69) is 30.9 Å². The molecular formula is C20H23N3O3S2. The maximum atomic E-state index is 12.9. The van der Waals surface area contributed by atoms with Gasteiger partial charge >= 0.3 is 0 Å². The van der Waals surface area contributed by atoms with Gasteiger partial charge in [0.05, 0.1) is 22.2 Å². The van der Waals surface area contributed by atoms with Crippen LogP contribution in [0.2, 0.25) is 0 Å². The molecule has 0 N–H and O–H groups in total. The van der Waals surface area contributed by atoms with E-state index in [1.807, 2.05) is 0 Å². The minimum atomic E-state index is -3.50. The molecule has 2 heterocycles. The number of anilines is 1. The van der Waals surface area contributed by atoms with Crippen molar-refractivity contribution >= 4 is 36.7 Å². The summed E-state index contributed by atoms with van der Waals surface area (Å²) in [5, 5.41) is 0.963. The van der Waals surface area contributed by atoms with Gasteiger partial charge in [0, 0.05) is 26.2 Å². The van der Waals surface area contributed by atoms with Gasteiger partial charge < -0.3 is 9.64 Å². The van der Waals surface area contributed by atoms with Crippen LogP contribution in [0, 0.1) is 13.8 Å². The maximum absolute atomic E-state index is 12.9. The molecule has 1 aromatic heterocycles. The molecule has 0 unspecified atom stereocenters. The monoisotopic (exact) mass is 417 g/mol. The standard InChI is InChI=1S/C20H23N3O3S2/c1-14-12-15(2)19-18(13-14)27-20(21-19)22-8-10-23(11-9-22)28(24,25)17-6-4-16(26-3)5-7-17/h4-7,12-13H,8-11H2,1-3H3. The summed E-state index contributed by atoms with van der Waals surface area (Å²) in [6, 6.07) is 10.8. The van der Waals surface area contributed by atoms with Crippen molar-refractivity contribution in [2.45, 2.75) is 18.7 Å². The summed E-state index contributed by atoms with van der Waals surface area (Å²) in [5.74, 6) is 0.644. The Labute approximate surface area is 169 Å². The molecule has 8 heteroatoms. The zero-order valence-electron chi connectivity index (χ0n) is 16.2. The Kier molecular flexibility index (Phi) is 5.03. The van der Waals surface area contributed by atoms with Gasteiger partial charge in [-0.05, 0) is 55.3 Å². The minimum Gasteiger partial charge on any atom is -0.497 e. The van der Waals surface area contributed by atoms with E-state index < -0.39 is 10.0 Å². The molecule has 0 amide bonds. The van der Waals surface area contributed by atoms with Crippen molar-refractivity contribution in [2.75, 3.05) is 38.2 Å². The van der Waals surface area contributed by atoms with E-state index in [1.165, 1.54) is 15.8 Å². The molecule has 6 nitrogen and oxygen atoms in total. The van der Waals surface area contributed by atoms with Gasteiger partial charge in [-0.25, -0.2) is 13.4 Å². The number of benzene rings is 2. The Balaban J connectivity index is 1.50. The normalized spacial score (nSPS) is 15.9. The smallest absolute Gasteiger partial charge is 0.243 e. The molecule has 0 spiro atoms. The van der Waals surface area contributed by atoms with Crippen molar-refractivity contribution in [1.82, 2.24) is 9.29 Å². The molecular weight excluding hydrogens is 394 g/mol. The number of fused-ring (bicyclic) bond motifs is 1. The zero-order chi connectivity index (χ0) is 19.9. The quantitative estimate of drug-likeness (QED) is 0.651. The lowest BCUT2D eigenvalue weighted by molar-refractivity contribution is 0.384. The fraction of sp³-hybridized carbons (Fsp3) is 0.350. The van der Waals surface area contributed by atoms with Crippen LogP contribution in [0.25, 0.3) is 10.2 Å². The third kappa shape index (κ3) is 3.47. The number of piperazine rings is 1. The van der Waals surface area contributed by atoms with Crippen molar-refractivity contribution < 1.29 is 13.2 Å². The topological polar surface area (TPSA) is 62.7 Å². The van der Waals surface area contributed by atoms with Crippen molar-refractivity contribution in [1.29, 1.82) is 0 Å². The molecule has 28 heavy (non-hydrogen) atoms. The fourth-order valence-corrected chi connectivity index (χ4v) is 6.13. The Morgan fingerprint density at radius 2 is 1.71 bits per heavy atom. The number of aromatic nitrogens is 1. The average molecular weight is 418 g/mol. The number of hydrogen-bond donors (Lipinski definition) is 0. The molecule has 0 atom stereocenters. The predicted molar refractivity (Wildman–Crippen MR) is 113 cm³/mol. The van der Waals surface area contributed by atoms with Gasteiger partial charge in [-0.2, -0.15) is 4.31 Å². The largest absolute Gasteiger partial charge is 0.497 e. The Bertz CT molecular complexity index is 1100. The first kappa shape index (κ1) is 19.2. The molecule has 1 aliphatic rings. The van der Waals surface area contributed by atoms with Gasteiger partial charge in [0.2, 0.25) is 10.0 Å². The summed E-state index contributed by atoms with van der Waals surface area (Å²) in [4.78, 5) is 7.28. The minimum absolute atomic E-state index is 0.299. The van der Waals surface area contributed by atoms with Gasteiger partial charge in [-0.1, -0.05) is 17.4 Å². The fourth-order valence-electron chi connectivity index (χ4n) is 3.51. The SMILES string of the molecule is COc1ccc(S(=O)(=O)N2CCN(c3nc4c(C)cc(C)cc4s3)CC2)cc1. The number of rotatable bonds is 4. The van der Waals surface area contributed by atoms with Crippen LogP contribution in [0.4, 0.5) is 5.13 Å². The van der Waals surface area contributed by atoms with E-state index >= 15 is 0 Å². The average Bonchev–Trinajstić information content (AvgIpc) is 3.12. The maximum Gasteiger partial charge on any atom is 0.243 e. The highest BCUT2D eigenvalue weighted by molar-refractivity contribution is 7.89. The number of sulfonamides is 1. The Hall–Kier alpha value is -2.16. The lowest BCUT2D eigenvalue weighted by atomic mass is 10.1. The van der Waals surface area contributed by atoms with Crippen molar-refractivity contribution in [3.05, 3.63) is 47.5 Å². The van der Waals surface area contributed by atoms with E-state index in [1.54, 1.807) is 47.0 Å². The highest BCUT2D eigenvalue weighted by Crippen LogP contribution is 2.32. The van der Waals surface area contributed by atoms with Gasteiger partial charge in [-0.3, -0.25) is 0 Å². The summed E-state index contributed by atoms with van der Waals surface area (Å²) in [5.41, 5.74) is 3.45. The zero-order valence-corrected chi connectivity index (χ0v) is 17.8. The summed E-state index contributed by atoms with van der Waals surface area (Å²) in [7, 11) is -1.93. The predicted octanol–water partition coefficient (Wildman–Crippen LogP) is 3.43. The van der Waals surface area contributed by atoms with Crippen LogP contribution >= 0.6 is 11.3 Å². The molecule has 0 aliphatic carbocycles. The summed E-state index contributed by atoms with van der Waals surface area (Å²) in [6.45, 7) is 6.33. The third-order valence-electron chi connectivity index (χ3n) is 5.02. The summed E-state index contributed by atoms with van der Waals surface area (Å²) >= 11 is 1.67. The second kappa shape index (κ2) is 7.35. The molecule has 2 aromatic carbocycles. The van der Waals surface area contributed by atoms with Crippen LogP contribution in [0.3, 0.4) is 0 Å². The molecule has 148 valence electrons. The van der Waals surface area contributed by atoms with E-state index in [0.717, 1.165) is 10.6 Å². The van der Waals surface area contributed by atoms with E-state index in [9.17, 15) is 8.42 Å². The number of nitrogens with zero attached hydrogens (tertiary/aromatic N) is 3. The molecule has 0 radical (unpaired) electrons. The summed E-state index contributed by atoms with van der Waals surface area (Å²) in [6.07, 6.45) is 0. The van der Waals surface area contributed by atoms with E-state index in [-0.39, 0.29) is 0 Å². The molecule has 1 aliphatic heterocycles. The van der Waals surface area contributed by atoms with Gasteiger partial charge in [0.25, 0.3) is 0 Å². The van der Waals surface area contributed by atoms with Crippen LogP contribution in [-0.4, -0.2) is 51.0 Å². The van der Waals surface area contributed by atoms with Crippen molar-refractivity contribution in [2.24, 2.45) is 0 Å². The molecule has 4 rings (SSSR count). The van der Waals surface area contributed by atoms with Crippen molar-refractivity contribution in [3.63, 3.8) is 0 Å². The molecule has 0 saturated carbocycles. The van der Waals surface area contributed by atoms with Gasteiger partial charge in [0.1, 0.15) is 5.75 Å². The first-order chi connectivity index (χ1) is 13.4. The van der Waals surface area contributed by atoms with Crippen molar-refractivity contribution in [3.8, 4) is 5.75 Å². The highest BCUT2D eigenvalue weighted by Gasteiger charge is 2.29. The summed E-state index contributed by atoms with van der Waals surface area (Å²) < 4.78 is 33.7. The van der Waals surface area contributed by atoms with E-state index in [4.69, 9.17) is 9.72 Å². The van der Waals surface area contributed by atoms with E-state index in [0.29, 0.717) is 36.8 Å². The molecule has 0 bridgehead atoms. The molecule has 1 saturated heterocycles. The third-order valence-corrected chi connectivity index (χ3v) is 8.00.